The van der Waals surface area contributed by atoms with E-state index in [1.54, 1.807) is 18.3 Å². The molecule has 0 aliphatic carbocycles. The van der Waals surface area contributed by atoms with Gasteiger partial charge in [-0.05, 0) is 18.2 Å². The molecule has 0 aliphatic rings. The second kappa shape index (κ2) is 5.52. The topological polar surface area (TPSA) is 62.8 Å². The van der Waals surface area contributed by atoms with Gasteiger partial charge in [-0.1, -0.05) is 23.6 Å². The zero-order valence-electron chi connectivity index (χ0n) is 9.69. The molecule has 1 N–H and O–H groups in total. The van der Waals surface area contributed by atoms with Crippen LogP contribution in [0, 0.1) is 11.8 Å². The Morgan fingerprint density at radius 2 is 2.33 bits per heavy atom. The summed E-state index contributed by atoms with van der Waals surface area (Å²) >= 11 is 1.18. The third-order valence-electron chi connectivity index (χ3n) is 2.25. The number of H-pyrrole nitrogens is 1. The molecule has 5 heteroatoms. The molecule has 0 bridgehead atoms. The van der Waals surface area contributed by atoms with Crippen LogP contribution in [0.3, 0.4) is 0 Å². The summed E-state index contributed by atoms with van der Waals surface area (Å²) in [7, 11) is 0. The van der Waals surface area contributed by atoms with Gasteiger partial charge >= 0.3 is 0 Å². The van der Waals surface area contributed by atoms with Crippen molar-refractivity contribution in [2.24, 2.45) is 0 Å². The van der Waals surface area contributed by atoms with E-state index in [-0.39, 0.29) is 10.7 Å². The first-order valence-corrected chi connectivity index (χ1v) is 6.25. The summed E-state index contributed by atoms with van der Waals surface area (Å²) in [5.74, 6) is 6.32. The lowest BCUT2D eigenvalue weighted by Crippen LogP contribution is -2.07. The van der Waals surface area contributed by atoms with E-state index in [0.717, 1.165) is 10.9 Å². The van der Waals surface area contributed by atoms with Crippen LogP contribution >= 0.6 is 11.8 Å². The first-order valence-electron chi connectivity index (χ1n) is 5.26. The number of benzene rings is 1. The Balaban J connectivity index is 2.25. The second-order valence-corrected chi connectivity index (χ2v) is 4.74. The molecule has 0 atom stereocenters. The molecule has 0 amide bonds. The van der Waals surface area contributed by atoms with Gasteiger partial charge in [0, 0.05) is 17.9 Å². The van der Waals surface area contributed by atoms with E-state index in [4.69, 9.17) is 0 Å². The number of aromatic nitrogens is 2. The van der Waals surface area contributed by atoms with Crippen molar-refractivity contribution in [2.75, 3.05) is 5.75 Å². The zero-order chi connectivity index (χ0) is 13.0. The maximum absolute atomic E-state index is 11.4. The van der Waals surface area contributed by atoms with Crippen LogP contribution in [-0.4, -0.2) is 21.1 Å². The molecule has 0 aliphatic heterocycles. The van der Waals surface area contributed by atoms with Crippen molar-refractivity contribution in [1.82, 2.24) is 10.2 Å². The molecule has 0 unspecified atom stereocenters. The molecule has 90 valence electrons. The lowest BCUT2D eigenvalue weighted by molar-refractivity contribution is -0.109. The lowest BCUT2D eigenvalue weighted by Gasteiger charge is -1.96. The third-order valence-corrected chi connectivity index (χ3v) is 2.94. The number of hydrogen-bond acceptors (Lipinski definition) is 4. The number of fused-ring (bicyclic) bond motifs is 1. The van der Waals surface area contributed by atoms with E-state index >= 15 is 0 Å². The van der Waals surface area contributed by atoms with E-state index < -0.39 is 0 Å². The molecule has 18 heavy (non-hydrogen) atoms. The Morgan fingerprint density at radius 1 is 1.50 bits per heavy atom. The molecule has 0 fully saturated rings. The molecular formula is C13H10N2O2S. The average Bonchev–Trinajstić information content (AvgIpc) is 2.35. The Hall–Kier alpha value is -2.06. The predicted molar refractivity (Wildman–Crippen MR) is 72.4 cm³/mol. The van der Waals surface area contributed by atoms with Gasteiger partial charge in [0.2, 0.25) is 0 Å². The van der Waals surface area contributed by atoms with Crippen LogP contribution in [0.4, 0.5) is 0 Å². The molecule has 0 saturated carbocycles. The number of nitrogens with one attached hydrogen (secondary N) is 1. The van der Waals surface area contributed by atoms with Crippen molar-refractivity contribution in [3.8, 4) is 11.8 Å². The number of carbonyl (C=O) groups excluding carboxylic acids is 1. The molecule has 1 aromatic heterocycles. The number of hydrogen-bond donors (Lipinski definition) is 1. The molecule has 2 aromatic rings. The van der Waals surface area contributed by atoms with Crippen LogP contribution in [0.15, 0.2) is 29.2 Å². The second-order valence-electron chi connectivity index (χ2n) is 3.58. The summed E-state index contributed by atoms with van der Waals surface area (Å²) in [6.07, 6.45) is 1.59. The van der Waals surface area contributed by atoms with E-state index in [1.807, 2.05) is 6.07 Å². The van der Waals surface area contributed by atoms with Crippen molar-refractivity contribution in [3.63, 3.8) is 0 Å². The Bertz CT molecular complexity index is 710. The van der Waals surface area contributed by atoms with Gasteiger partial charge in [0.25, 0.3) is 5.56 Å². The van der Waals surface area contributed by atoms with Crippen molar-refractivity contribution in [2.45, 2.75) is 6.92 Å². The fraction of sp³-hybridized carbons (Fsp3) is 0.154. The van der Waals surface area contributed by atoms with Gasteiger partial charge in [-0.2, -0.15) is 5.10 Å². The molecule has 1 aromatic carbocycles. The molecule has 0 radical (unpaired) electrons. The van der Waals surface area contributed by atoms with Crippen molar-refractivity contribution < 1.29 is 4.79 Å². The van der Waals surface area contributed by atoms with Crippen molar-refractivity contribution in [3.05, 3.63) is 40.3 Å². The van der Waals surface area contributed by atoms with Crippen LogP contribution in [0.1, 0.15) is 12.5 Å². The van der Waals surface area contributed by atoms with Gasteiger partial charge in [-0.15, -0.1) is 0 Å². The number of nitrogens with zero attached hydrogens (tertiary/aromatic N) is 1. The quantitative estimate of drug-likeness (QED) is 0.788. The van der Waals surface area contributed by atoms with Crippen LogP contribution in [-0.2, 0) is 4.79 Å². The van der Waals surface area contributed by atoms with Gasteiger partial charge in [0.1, 0.15) is 0 Å². The minimum atomic E-state index is -0.209. The zero-order valence-corrected chi connectivity index (χ0v) is 10.5. The van der Waals surface area contributed by atoms with Crippen molar-refractivity contribution >= 4 is 27.6 Å². The average molecular weight is 258 g/mol. The molecule has 0 spiro atoms. The monoisotopic (exact) mass is 258 g/mol. The van der Waals surface area contributed by atoms with Gasteiger partial charge in [0.05, 0.1) is 17.3 Å². The van der Waals surface area contributed by atoms with Gasteiger partial charge in [-0.25, -0.2) is 5.10 Å². The Kier molecular flexibility index (Phi) is 3.80. The van der Waals surface area contributed by atoms with E-state index in [0.29, 0.717) is 11.1 Å². The normalized spacial score (nSPS) is 9.83. The first kappa shape index (κ1) is 12.4. The molecule has 2 rings (SSSR count). The van der Waals surface area contributed by atoms with Crippen molar-refractivity contribution in [1.29, 1.82) is 0 Å². The summed E-state index contributed by atoms with van der Waals surface area (Å²) in [6, 6.07) is 5.31. The fourth-order valence-electron chi connectivity index (χ4n) is 1.45. The van der Waals surface area contributed by atoms with Gasteiger partial charge < -0.3 is 0 Å². The maximum Gasteiger partial charge on any atom is 0.272 e. The van der Waals surface area contributed by atoms with Crippen LogP contribution < -0.4 is 5.56 Å². The third kappa shape index (κ3) is 2.99. The van der Waals surface area contributed by atoms with E-state index in [1.165, 1.54) is 18.7 Å². The highest BCUT2D eigenvalue weighted by molar-refractivity contribution is 8.13. The molecule has 4 nitrogen and oxygen atoms in total. The minimum absolute atomic E-state index is 0.0542. The summed E-state index contributed by atoms with van der Waals surface area (Å²) in [6.45, 7) is 1.51. The predicted octanol–water partition coefficient (Wildman–Crippen LogP) is 1.55. The Labute approximate surface area is 108 Å². The van der Waals surface area contributed by atoms with Gasteiger partial charge in [0.15, 0.2) is 5.12 Å². The molecule has 1 heterocycles. The Morgan fingerprint density at radius 3 is 3.11 bits per heavy atom. The lowest BCUT2D eigenvalue weighted by atomic mass is 10.1. The number of carbonyl (C=O) groups is 1. The summed E-state index contributed by atoms with van der Waals surface area (Å²) in [4.78, 5) is 22.1. The summed E-state index contributed by atoms with van der Waals surface area (Å²) in [5, 5.41) is 7.51. The smallest absolute Gasteiger partial charge is 0.272 e. The number of aromatic amines is 1. The largest absolute Gasteiger partial charge is 0.288 e. The highest BCUT2D eigenvalue weighted by atomic mass is 32.2. The fourth-order valence-corrected chi connectivity index (χ4v) is 1.80. The van der Waals surface area contributed by atoms with Crippen LogP contribution in [0.25, 0.3) is 10.8 Å². The SMILES string of the molecule is CC(=O)SCC#Cc1ccc2c(=O)[nH]ncc2c1. The first-order chi connectivity index (χ1) is 8.66. The standard InChI is InChI=1S/C13H10N2O2S/c1-9(16)18-6-2-3-10-4-5-12-11(7-10)8-14-15-13(12)17/h4-5,7-8H,6H2,1H3,(H,15,17). The van der Waals surface area contributed by atoms with Crippen LogP contribution in [0.2, 0.25) is 0 Å². The summed E-state index contributed by atoms with van der Waals surface area (Å²) < 4.78 is 0. The van der Waals surface area contributed by atoms with Gasteiger partial charge in [-0.3, -0.25) is 9.59 Å². The van der Waals surface area contributed by atoms with E-state index in [2.05, 4.69) is 22.0 Å². The number of rotatable bonds is 1. The highest BCUT2D eigenvalue weighted by Gasteiger charge is 1.98. The minimum Gasteiger partial charge on any atom is -0.288 e. The maximum atomic E-state index is 11.4. The highest BCUT2D eigenvalue weighted by Crippen LogP contribution is 2.10. The molecular weight excluding hydrogens is 248 g/mol. The molecule has 0 saturated heterocycles. The summed E-state index contributed by atoms with van der Waals surface area (Å²) in [5.41, 5.74) is 0.596. The van der Waals surface area contributed by atoms with Crippen LogP contribution in [0.5, 0.6) is 0 Å². The number of thioether (sulfide) groups is 1. The van der Waals surface area contributed by atoms with E-state index in [9.17, 15) is 9.59 Å².